The van der Waals surface area contributed by atoms with E-state index in [1.807, 2.05) is 6.92 Å². The van der Waals surface area contributed by atoms with Crippen molar-refractivity contribution in [3.05, 3.63) is 21.6 Å². The summed E-state index contributed by atoms with van der Waals surface area (Å²) < 4.78 is 1.78. The van der Waals surface area contributed by atoms with Crippen molar-refractivity contribution in [1.29, 1.82) is 0 Å². The van der Waals surface area contributed by atoms with Crippen LogP contribution in [0.15, 0.2) is 4.79 Å². The first-order chi connectivity index (χ1) is 7.74. The molecule has 4 nitrogen and oxygen atoms in total. The summed E-state index contributed by atoms with van der Waals surface area (Å²) in [5, 5.41) is 12.1. The summed E-state index contributed by atoms with van der Waals surface area (Å²) in [5.41, 5.74) is 1.72. The maximum Gasteiger partial charge on any atom is 0.270 e. The number of aliphatic hydroxyl groups excluding tert-OH is 1. The van der Waals surface area contributed by atoms with Gasteiger partial charge in [-0.1, -0.05) is 19.3 Å². The van der Waals surface area contributed by atoms with Crippen molar-refractivity contribution in [3.8, 4) is 0 Å². The first kappa shape index (κ1) is 11.5. The molecule has 2 rings (SSSR count). The molecule has 0 unspecified atom stereocenters. The van der Waals surface area contributed by atoms with Crippen LogP contribution in [0.3, 0.4) is 0 Å². The zero-order valence-corrected chi connectivity index (χ0v) is 9.83. The van der Waals surface area contributed by atoms with Gasteiger partial charge in [0.25, 0.3) is 5.56 Å². The molecule has 0 bridgehead atoms. The Hall–Kier alpha value is -1.03. The first-order valence-electron chi connectivity index (χ1n) is 6.15. The fraction of sp³-hybridized carbons (Fsp3) is 0.750. The Kier molecular flexibility index (Phi) is 3.49. The van der Waals surface area contributed by atoms with E-state index >= 15 is 0 Å². The molecule has 0 spiro atoms. The van der Waals surface area contributed by atoms with Gasteiger partial charge in [0.05, 0.1) is 6.04 Å². The average Bonchev–Trinajstić information content (AvgIpc) is 2.59. The quantitative estimate of drug-likeness (QED) is 0.818. The predicted octanol–water partition coefficient (Wildman–Crippen LogP) is 1.52. The van der Waals surface area contributed by atoms with Gasteiger partial charge in [-0.3, -0.25) is 9.89 Å². The topological polar surface area (TPSA) is 58.0 Å². The van der Waals surface area contributed by atoms with Gasteiger partial charge in [-0.15, -0.1) is 0 Å². The van der Waals surface area contributed by atoms with E-state index in [1.54, 1.807) is 4.68 Å². The zero-order chi connectivity index (χ0) is 11.5. The summed E-state index contributed by atoms with van der Waals surface area (Å²) in [6.07, 6.45) is 6.36. The van der Waals surface area contributed by atoms with Gasteiger partial charge in [-0.05, 0) is 19.8 Å². The first-order valence-corrected chi connectivity index (χ1v) is 6.15. The van der Waals surface area contributed by atoms with Crippen LogP contribution >= 0.6 is 0 Å². The van der Waals surface area contributed by atoms with Crippen molar-refractivity contribution in [2.45, 2.75) is 51.5 Å². The monoisotopic (exact) mass is 224 g/mol. The van der Waals surface area contributed by atoms with E-state index in [1.165, 1.54) is 19.3 Å². The van der Waals surface area contributed by atoms with Crippen LogP contribution in [0.25, 0.3) is 0 Å². The van der Waals surface area contributed by atoms with Crippen molar-refractivity contribution in [2.75, 3.05) is 6.61 Å². The third-order valence-corrected chi connectivity index (χ3v) is 3.52. The maximum absolute atomic E-state index is 12.1. The molecule has 1 aliphatic carbocycles. The highest BCUT2D eigenvalue weighted by Gasteiger charge is 2.20. The largest absolute Gasteiger partial charge is 0.396 e. The van der Waals surface area contributed by atoms with E-state index in [9.17, 15) is 4.79 Å². The van der Waals surface area contributed by atoms with Gasteiger partial charge in [-0.25, -0.2) is 4.68 Å². The summed E-state index contributed by atoms with van der Waals surface area (Å²) in [6, 6.07) is 0.340. The number of H-pyrrole nitrogens is 1. The van der Waals surface area contributed by atoms with Crippen LogP contribution in [0.1, 0.15) is 49.4 Å². The Bertz CT molecular complexity index is 400. The van der Waals surface area contributed by atoms with Gasteiger partial charge < -0.3 is 5.11 Å². The number of hydrogen-bond donors (Lipinski definition) is 2. The van der Waals surface area contributed by atoms with E-state index in [0.717, 1.165) is 24.1 Å². The standard InChI is InChI=1S/C12H20N2O2/c1-9-11(7-8-15)12(16)14(13-9)10-5-3-2-4-6-10/h10,13,15H,2-8H2,1H3. The van der Waals surface area contributed by atoms with Crippen LogP contribution in [0.2, 0.25) is 0 Å². The lowest BCUT2D eigenvalue weighted by Gasteiger charge is -2.21. The summed E-state index contributed by atoms with van der Waals surface area (Å²) in [6.45, 7) is 1.95. The van der Waals surface area contributed by atoms with Crippen LogP contribution in [-0.4, -0.2) is 21.5 Å². The van der Waals surface area contributed by atoms with Crippen molar-refractivity contribution < 1.29 is 5.11 Å². The lowest BCUT2D eigenvalue weighted by molar-refractivity contribution is 0.298. The maximum atomic E-state index is 12.1. The molecule has 0 aromatic carbocycles. The van der Waals surface area contributed by atoms with Crippen LogP contribution in [0.5, 0.6) is 0 Å². The lowest BCUT2D eigenvalue weighted by Crippen LogP contribution is -2.26. The van der Waals surface area contributed by atoms with Gasteiger partial charge in [0, 0.05) is 24.3 Å². The molecule has 0 radical (unpaired) electrons. The minimum Gasteiger partial charge on any atom is -0.396 e. The van der Waals surface area contributed by atoms with Crippen molar-refractivity contribution in [1.82, 2.24) is 9.78 Å². The van der Waals surface area contributed by atoms with Crippen molar-refractivity contribution in [3.63, 3.8) is 0 Å². The molecule has 0 atom stereocenters. The molecule has 90 valence electrons. The molecular formula is C12H20N2O2. The van der Waals surface area contributed by atoms with Gasteiger partial charge in [0.15, 0.2) is 0 Å². The van der Waals surface area contributed by atoms with E-state index < -0.39 is 0 Å². The second-order valence-corrected chi connectivity index (χ2v) is 4.66. The Morgan fingerprint density at radius 3 is 2.69 bits per heavy atom. The Morgan fingerprint density at radius 2 is 2.06 bits per heavy atom. The van der Waals surface area contributed by atoms with Crippen LogP contribution in [-0.2, 0) is 6.42 Å². The molecule has 4 heteroatoms. The number of aromatic amines is 1. The highest BCUT2D eigenvalue weighted by atomic mass is 16.3. The van der Waals surface area contributed by atoms with E-state index in [2.05, 4.69) is 5.10 Å². The highest BCUT2D eigenvalue weighted by molar-refractivity contribution is 5.16. The van der Waals surface area contributed by atoms with Crippen LogP contribution in [0.4, 0.5) is 0 Å². The molecular weight excluding hydrogens is 204 g/mol. The number of rotatable bonds is 3. The minimum absolute atomic E-state index is 0.0403. The number of aliphatic hydroxyl groups is 1. The number of aryl methyl sites for hydroxylation is 1. The third-order valence-electron chi connectivity index (χ3n) is 3.52. The van der Waals surface area contributed by atoms with Gasteiger partial charge in [0.2, 0.25) is 0 Å². The third kappa shape index (κ3) is 2.07. The molecule has 1 aromatic rings. The van der Waals surface area contributed by atoms with Gasteiger partial charge in [0.1, 0.15) is 0 Å². The SMILES string of the molecule is Cc1[nH]n(C2CCCCC2)c(=O)c1CCO. The molecule has 0 saturated heterocycles. The molecule has 1 aliphatic rings. The lowest BCUT2D eigenvalue weighted by atomic mass is 9.96. The number of hydrogen-bond acceptors (Lipinski definition) is 2. The van der Waals surface area contributed by atoms with Crippen LogP contribution in [0, 0.1) is 6.92 Å². The van der Waals surface area contributed by atoms with Crippen molar-refractivity contribution in [2.24, 2.45) is 0 Å². The molecule has 0 amide bonds. The Balaban J connectivity index is 2.27. The summed E-state index contributed by atoms with van der Waals surface area (Å²) in [7, 11) is 0. The fourth-order valence-electron chi connectivity index (χ4n) is 2.61. The summed E-state index contributed by atoms with van der Waals surface area (Å²) in [4.78, 5) is 12.1. The van der Waals surface area contributed by atoms with E-state index in [-0.39, 0.29) is 12.2 Å². The molecule has 1 heterocycles. The minimum atomic E-state index is 0.0403. The normalized spacial score (nSPS) is 17.9. The molecule has 2 N–H and O–H groups in total. The molecule has 0 aliphatic heterocycles. The van der Waals surface area contributed by atoms with E-state index in [4.69, 9.17) is 5.11 Å². The fourth-order valence-corrected chi connectivity index (χ4v) is 2.61. The smallest absolute Gasteiger partial charge is 0.270 e. The molecule has 16 heavy (non-hydrogen) atoms. The zero-order valence-electron chi connectivity index (χ0n) is 9.83. The molecule has 1 fully saturated rings. The summed E-state index contributed by atoms with van der Waals surface area (Å²) >= 11 is 0. The molecule has 1 saturated carbocycles. The van der Waals surface area contributed by atoms with Crippen LogP contribution < -0.4 is 5.56 Å². The Labute approximate surface area is 95.3 Å². The number of nitrogens with zero attached hydrogens (tertiary/aromatic N) is 1. The second-order valence-electron chi connectivity index (χ2n) is 4.66. The molecule has 1 aromatic heterocycles. The Morgan fingerprint density at radius 1 is 1.38 bits per heavy atom. The highest BCUT2D eigenvalue weighted by Crippen LogP contribution is 2.26. The number of aromatic nitrogens is 2. The van der Waals surface area contributed by atoms with Crippen molar-refractivity contribution >= 4 is 0 Å². The summed E-state index contributed by atoms with van der Waals surface area (Å²) in [5.74, 6) is 0. The second kappa shape index (κ2) is 4.87. The van der Waals surface area contributed by atoms with Gasteiger partial charge in [-0.2, -0.15) is 0 Å². The number of nitrogens with one attached hydrogen (secondary N) is 1. The predicted molar refractivity (Wildman–Crippen MR) is 62.7 cm³/mol. The average molecular weight is 224 g/mol. The van der Waals surface area contributed by atoms with E-state index in [0.29, 0.717) is 12.5 Å². The van der Waals surface area contributed by atoms with Gasteiger partial charge >= 0.3 is 0 Å².